The molecule has 0 aliphatic carbocycles. The summed E-state index contributed by atoms with van der Waals surface area (Å²) in [5.41, 5.74) is 0.998. The molecule has 4 nitrogen and oxygen atoms in total. The summed E-state index contributed by atoms with van der Waals surface area (Å²) < 4.78 is 33.7. The van der Waals surface area contributed by atoms with Crippen LogP contribution < -0.4 is 9.46 Å². The van der Waals surface area contributed by atoms with Crippen molar-refractivity contribution < 1.29 is 13.2 Å². The quantitative estimate of drug-likeness (QED) is 0.806. The summed E-state index contributed by atoms with van der Waals surface area (Å²) in [7, 11) is -3.79. The molecule has 0 spiro atoms. The number of halogens is 1. The molecule has 0 heterocycles. The van der Waals surface area contributed by atoms with E-state index in [0.717, 1.165) is 0 Å². The number of benzene rings is 2. The molecule has 0 aliphatic rings. The van der Waals surface area contributed by atoms with Crippen LogP contribution in [0.15, 0.2) is 51.8 Å². The first-order valence-corrected chi connectivity index (χ1v) is 8.75. The SMILES string of the molecule is C#Cc1cccc(NS(=O)(=O)c2cc(Br)ccc2OCC)c1. The minimum Gasteiger partial charge on any atom is -0.492 e. The minimum absolute atomic E-state index is 0.0647. The van der Waals surface area contributed by atoms with Crippen molar-refractivity contribution in [3.63, 3.8) is 0 Å². The van der Waals surface area contributed by atoms with E-state index in [-0.39, 0.29) is 4.90 Å². The predicted molar refractivity (Wildman–Crippen MR) is 90.5 cm³/mol. The molecule has 0 aliphatic heterocycles. The molecule has 0 aromatic heterocycles. The lowest BCUT2D eigenvalue weighted by Gasteiger charge is -2.13. The van der Waals surface area contributed by atoms with Crippen LogP contribution in [0.2, 0.25) is 0 Å². The van der Waals surface area contributed by atoms with Crippen molar-refractivity contribution in [3.8, 4) is 18.1 Å². The third kappa shape index (κ3) is 3.81. The highest BCUT2D eigenvalue weighted by Crippen LogP contribution is 2.29. The Morgan fingerprint density at radius 1 is 1.27 bits per heavy atom. The standard InChI is InChI=1S/C16H14BrNO3S/c1-3-12-6-5-7-14(10-12)18-22(19,20)16-11-13(17)8-9-15(16)21-4-2/h1,5-11,18H,4H2,2H3. The maximum absolute atomic E-state index is 12.6. The molecule has 0 fully saturated rings. The molecular weight excluding hydrogens is 366 g/mol. The number of sulfonamides is 1. The van der Waals surface area contributed by atoms with Gasteiger partial charge in [-0.3, -0.25) is 4.72 Å². The summed E-state index contributed by atoms with van der Waals surface area (Å²) in [6.45, 7) is 2.17. The van der Waals surface area contributed by atoms with Crippen LogP contribution in [0.25, 0.3) is 0 Å². The zero-order chi connectivity index (χ0) is 16.2. The molecule has 1 N–H and O–H groups in total. The van der Waals surface area contributed by atoms with Gasteiger partial charge in [-0.1, -0.05) is 27.9 Å². The number of ether oxygens (including phenoxy) is 1. The Morgan fingerprint density at radius 2 is 2.05 bits per heavy atom. The van der Waals surface area contributed by atoms with Gasteiger partial charge >= 0.3 is 0 Å². The summed E-state index contributed by atoms with van der Waals surface area (Å²) in [5, 5.41) is 0. The molecule has 2 aromatic carbocycles. The third-order valence-electron chi connectivity index (χ3n) is 2.78. The van der Waals surface area contributed by atoms with Gasteiger partial charge in [0.15, 0.2) is 0 Å². The second-order valence-electron chi connectivity index (χ2n) is 4.35. The van der Waals surface area contributed by atoms with Crippen LogP contribution in [-0.4, -0.2) is 15.0 Å². The second-order valence-corrected chi connectivity index (χ2v) is 6.92. The normalized spacial score (nSPS) is 10.8. The molecule has 0 saturated carbocycles. The molecular formula is C16H14BrNO3S. The molecule has 6 heteroatoms. The van der Waals surface area contributed by atoms with E-state index < -0.39 is 10.0 Å². The van der Waals surface area contributed by atoms with Crippen molar-refractivity contribution >= 4 is 31.6 Å². The Balaban J connectivity index is 2.42. The van der Waals surface area contributed by atoms with Crippen LogP contribution in [0.5, 0.6) is 5.75 Å². The lowest BCUT2D eigenvalue weighted by molar-refractivity contribution is 0.331. The smallest absolute Gasteiger partial charge is 0.265 e. The summed E-state index contributed by atoms with van der Waals surface area (Å²) >= 11 is 3.27. The maximum atomic E-state index is 12.6. The van der Waals surface area contributed by atoms with Gasteiger partial charge in [-0.05, 0) is 43.3 Å². The number of terminal acetylenes is 1. The number of rotatable bonds is 5. The minimum atomic E-state index is -3.79. The second kappa shape index (κ2) is 6.86. The third-order valence-corrected chi connectivity index (χ3v) is 4.67. The van der Waals surface area contributed by atoms with Gasteiger partial charge in [0.1, 0.15) is 10.6 Å². The van der Waals surface area contributed by atoms with Crippen molar-refractivity contribution in [2.75, 3.05) is 11.3 Å². The van der Waals surface area contributed by atoms with Crippen LogP contribution in [0.4, 0.5) is 5.69 Å². The van der Waals surface area contributed by atoms with Crippen LogP contribution in [0, 0.1) is 12.3 Å². The first kappa shape index (κ1) is 16.4. The summed E-state index contributed by atoms with van der Waals surface area (Å²) in [6, 6.07) is 11.5. The topological polar surface area (TPSA) is 55.4 Å². The van der Waals surface area contributed by atoms with E-state index in [4.69, 9.17) is 11.2 Å². The number of hydrogen-bond donors (Lipinski definition) is 1. The maximum Gasteiger partial charge on any atom is 0.265 e. The first-order chi connectivity index (χ1) is 10.5. The largest absolute Gasteiger partial charge is 0.492 e. The summed E-state index contributed by atoms with van der Waals surface area (Å²) in [5.74, 6) is 2.76. The van der Waals surface area contributed by atoms with Gasteiger partial charge in [-0.15, -0.1) is 6.42 Å². The van der Waals surface area contributed by atoms with Gasteiger partial charge < -0.3 is 4.74 Å². The highest BCUT2D eigenvalue weighted by Gasteiger charge is 2.20. The Morgan fingerprint density at radius 3 is 2.73 bits per heavy atom. The van der Waals surface area contributed by atoms with E-state index in [1.807, 2.05) is 0 Å². The fraction of sp³-hybridized carbons (Fsp3) is 0.125. The van der Waals surface area contributed by atoms with Gasteiger partial charge in [-0.25, -0.2) is 8.42 Å². The summed E-state index contributed by atoms with van der Waals surface area (Å²) in [6.07, 6.45) is 5.32. The van der Waals surface area contributed by atoms with E-state index in [2.05, 4.69) is 26.6 Å². The molecule has 0 atom stereocenters. The fourth-order valence-electron chi connectivity index (χ4n) is 1.85. The van der Waals surface area contributed by atoms with Crippen LogP contribution in [0.1, 0.15) is 12.5 Å². The van der Waals surface area contributed by atoms with Crippen molar-refractivity contribution in [3.05, 3.63) is 52.5 Å². The lowest BCUT2D eigenvalue weighted by Crippen LogP contribution is -2.14. The van der Waals surface area contributed by atoms with Crippen LogP contribution in [-0.2, 0) is 10.0 Å². The van der Waals surface area contributed by atoms with Crippen LogP contribution >= 0.6 is 15.9 Å². The fourth-order valence-corrected chi connectivity index (χ4v) is 3.58. The highest BCUT2D eigenvalue weighted by atomic mass is 79.9. The van der Waals surface area contributed by atoms with Gasteiger partial charge in [-0.2, -0.15) is 0 Å². The summed E-state index contributed by atoms with van der Waals surface area (Å²) in [4.78, 5) is 0.0647. The number of anilines is 1. The number of nitrogens with one attached hydrogen (secondary N) is 1. The molecule has 0 amide bonds. The predicted octanol–water partition coefficient (Wildman–Crippen LogP) is 3.63. The van der Waals surface area contributed by atoms with Gasteiger partial charge in [0.25, 0.3) is 10.0 Å². The van der Waals surface area contributed by atoms with Crippen molar-refractivity contribution in [2.24, 2.45) is 0 Å². The van der Waals surface area contributed by atoms with Crippen molar-refractivity contribution in [1.82, 2.24) is 0 Å². The Labute approximate surface area is 138 Å². The Bertz CT molecular complexity index is 826. The Kier molecular flexibility index (Phi) is 5.11. The van der Waals surface area contributed by atoms with Gasteiger partial charge in [0.2, 0.25) is 0 Å². The Hall–Kier alpha value is -1.97. The van der Waals surface area contributed by atoms with E-state index >= 15 is 0 Å². The lowest BCUT2D eigenvalue weighted by atomic mass is 10.2. The van der Waals surface area contributed by atoms with Crippen molar-refractivity contribution in [2.45, 2.75) is 11.8 Å². The molecule has 0 unspecified atom stereocenters. The number of hydrogen-bond acceptors (Lipinski definition) is 3. The van der Waals surface area contributed by atoms with E-state index in [1.54, 1.807) is 43.3 Å². The molecule has 0 radical (unpaired) electrons. The van der Waals surface area contributed by atoms with Crippen molar-refractivity contribution in [1.29, 1.82) is 0 Å². The van der Waals surface area contributed by atoms with Gasteiger partial charge in [0, 0.05) is 10.0 Å². The zero-order valence-corrected chi connectivity index (χ0v) is 14.2. The first-order valence-electron chi connectivity index (χ1n) is 6.48. The molecule has 114 valence electrons. The zero-order valence-electron chi connectivity index (χ0n) is 11.8. The molecule has 0 bridgehead atoms. The van der Waals surface area contributed by atoms with E-state index in [1.165, 1.54) is 6.07 Å². The molecule has 0 saturated heterocycles. The molecule has 22 heavy (non-hydrogen) atoms. The van der Waals surface area contributed by atoms with E-state index in [9.17, 15) is 8.42 Å². The molecule has 2 rings (SSSR count). The van der Waals surface area contributed by atoms with Gasteiger partial charge in [0.05, 0.1) is 12.3 Å². The monoisotopic (exact) mass is 379 g/mol. The highest BCUT2D eigenvalue weighted by molar-refractivity contribution is 9.10. The van der Waals surface area contributed by atoms with Crippen LogP contribution in [0.3, 0.4) is 0 Å². The average molecular weight is 380 g/mol. The molecule has 2 aromatic rings. The average Bonchev–Trinajstić information content (AvgIpc) is 2.49. The van der Waals surface area contributed by atoms with E-state index in [0.29, 0.717) is 28.1 Å².